The quantitative estimate of drug-likeness (QED) is 0.738. The summed E-state index contributed by atoms with van der Waals surface area (Å²) >= 11 is 0. The Morgan fingerprint density at radius 3 is 2.73 bits per heavy atom. The molecule has 1 aromatic heterocycles. The molecule has 0 aliphatic carbocycles. The number of halogens is 1. The van der Waals surface area contributed by atoms with Gasteiger partial charge in [0.05, 0.1) is 18.4 Å². The molecule has 7 heteroatoms. The average molecular weight is 355 g/mol. The number of benzene rings is 2. The third-order valence-corrected chi connectivity index (χ3v) is 4.00. The number of phenolic OH excluding ortho intramolecular Hbond substituents is 1. The molecule has 0 aliphatic heterocycles. The van der Waals surface area contributed by atoms with E-state index in [-0.39, 0.29) is 17.9 Å². The molecular weight excluding hydrogens is 337 g/mol. The maximum atomic E-state index is 14.4. The summed E-state index contributed by atoms with van der Waals surface area (Å²) in [6.45, 7) is 1.92. The number of rotatable bonds is 5. The van der Waals surface area contributed by atoms with Crippen LogP contribution in [0, 0.1) is 12.7 Å². The van der Waals surface area contributed by atoms with Crippen LogP contribution in [0.5, 0.6) is 11.5 Å². The number of phenols is 1. The Kier molecular flexibility index (Phi) is 4.88. The number of carbonyl (C=O) groups excluding carboxylic acids is 1. The number of aromatic hydroxyl groups is 1. The molecule has 0 saturated carbocycles. The number of carbonyl (C=O) groups is 1. The second kappa shape index (κ2) is 7.26. The van der Waals surface area contributed by atoms with Crippen LogP contribution in [0.2, 0.25) is 0 Å². The lowest BCUT2D eigenvalue weighted by Gasteiger charge is -2.10. The van der Waals surface area contributed by atoms with E-state index in [1.807, 2.05) is 0 Å². The van der Waals surface area contributed by atoms with Crippen LogP contribution in [-0.2, 0) is 6.54 Å². The van der Waals surface area contributed by atoms with Crippen LogP contribution in [0.1, 0.15) is 21.7 Å². The summed E-state index contributed by atoms with van der Waals surface area (Å²) in [6, 6.07) is 9.13. The Bertz CT molecular complexity index is 953. The zero-order valence-electron chi connectivity index (χ0n) is 14.4. The molecule has 0 bridgehead atoms. The molecule has 3 aromatic rings. The Morgan fingerprint density at radius 1 is 1.31 bits per heavy atom. The monoisotopic (exact) mass is 355 g/mol. The first kappa shape index (κ1) is 17.5. The topological polar surface area (TPSA) is 76.4 Å². The van der Waals surface area contributed by atoms with Crippen molar-refractivity contribution in [3.05, 3.63) is 71.6 Å². The molecule has 0 unspecified atom stereocenters. The minimum absolute atomic E-state index is 0.122. The van der Waals surface area contributed by atoms with E-state index in [1.165, 1.54) is 25.3 Å². The molecule has 6 nitrogen and oxygen atoms in total. The molecular formula is C19H18FN3O3. The molecule has 1 amide bonds. The molecule has 1 heterocycles. The first-order chi connectivity index (χ1) is 12.5. The molecule has 2 N–H and O–H groups in total. The van der Waals surface area contributed by atoms with Crippen LogP contribution in [0.4, 0.5) is 4.39 Å². The van der Waals surface area contributed by atoms with Crippen LogP contribution in [0.15, 0.2) is 48.8 Å². The van der Waals surface area contributed by atoms with E-state index in [2.05, 4.69) is 10.3 Å². The second-order valence-corrected chi connectivity index (χ2v) is 5.70. The van der Waals surface area contributed by atoms with Crippen LogP contribution in [0.3, 0.4) is 0 Å². The van der Waals surface area contributed by atoms with E-state index in [4.69, 9.17) is 4.74 Å². The second-order valence-electron chi connectivity index (χ2n) is 5.70. The van der Waals surface area contributed by atoms with Gasteiger partial charge < -0.3 is 19.7 Å². The minimum atomic E-state index is -0.458. The summed E-state index contributed by atoms with van der Waals surface area (Å²) in [5.74, 6) is 0.0793. The van der Waals surface area contributed by atoms with Crippen LogP contribution >= 0.6 is 0 Å². The minimum Gasteiger partial charge on any atom is -0.507 e. The fraction of sp³-hybridized carbons (Fsp3) is 0.158. The average Bonchev–Trinajstić information content (AvgIpc) is 3.05. The molecule has 134 valence electrons. The van der Waals surface area contributed by atoms with Crippen LogP contribution in [0.25, 0.3) is 5.69 Å². The van der Waals surface area contributed by atoms with Gasteiger partial charge in [-0.3, -0.25) is 4.79 Å². The van der Waals surface area contributed by atoms with Crippen molar-refractivity contribution in [3.63, 3.8) is 0 Å². The van der Waals surface area contributed by atoms with Gasteiger partial charge in [0, 0.05) is 25.0 Å². The molecule has 0 atom stereocenters. The maximum absolute atomic E-state index is 14.4. The number of nitrogens with one attached hydrogen (secondary N) is 1. The SMILES string of the molecule is COc1ccc(C(=O)NCc2ccc(-n3ccnc3C)c(F)c2)c(O)c1. The van der Waals surface area contributed by atoms with E-state index >= 15 is 0 Å². The van der Waals surface area contributed by atoms with E-state index < -0.39 is 11.7 Å². The number of ether oxygens (including phenoxy) is 1. The van der Waals surface area contributed by atoms with Crippen molar-refractivity contribution in [2.75, 3.05) is 7.11 Å². The van der Waals surface area contributed by atoms with Gasteiger partial charge in [0.1, 0.15) is 23.1 Å². The lowest BCUT2D eigenvalue weighted by Crippen LogP contribution is -2.23. The fourth-order valence-electron chi connectivity index (χ4n) is 2.60. The van der Waals surface area contributed by atoms with Gasteiger partial charge in [-0.15, -0.1) is 0 Å². The molecule has 3 rings (SSSR count). The predicted octanol–water partition coefficient (Wildman–Crippen LogP) is 2.96. The van der Waals surface area contributed by atoms with Gasteiger partial charge >= 0.3 is 0 Å². The van der Waals surface area contributed by atoms with Crippen LogP contribution in [-0.4, -0.2) is 27.7 Å². The first-order valence-electron chi connectivity index (χ1n) is 7.93. The Hall–Kier alpha value is -3.35. The Morgan fingerprint density at radius 2 is 2.12 bits per heavy atom. The molecule has 0 fully saturated rings. The summed E-state index contributed by atoms with van der Waals surface area (Å²) in [7, 11) is 1.47. The van der Waals surface area contributed by atoms with Gasteiger partial charge in [0.2, 0.25) is 0 Å². The lowest BCUT2D eigenvalue weighted by molar-refractivity contribution is 0.0948. The first-order valence-corrected chi connectivity index (χ1v) is 7.93. The van der Waals surface area contributed by atoms with E-state index in [1.54, 1.807) is 42.1 Å². The number of imidazole rings is 1. The van der Waals surface area contributed by atoms with Gasteiger partial charge in [-0.25, -0.2) is 9.37 Å². The van der Waals surface area contributed by atoms with E-state index in [9.17, 15) is 14.3 Å². The Balaban J connectivity index is 1.71. The van der Waals surface area contributed by atoms with Gasteiger partial charge in [-0.2, -0.15) is 0 Å². The highest BCUT2D eigenvalue weighted by Gasteiger charge is 2.13. The summed E-state index contributed by atoms with van der Waals surface area (Å²) in [5.41, 5.74) is 1.12. The highest BCUT2D eigenvalue weighted by atomic mass is 19.1. The lowest BCUT2D eigenvalue weighted by atomic mass is 10.1. The highest BCUT2D eigenvalue weighted by Crippen LogP contribution is 2.23. The fourth-order valence-corrected chi connectivity index (χ4v) is 2.60. The number of methoxy groups -OCH3 is 1. The number of amides is 1. The van der Waals surface area contributed by atoms with Crippen molar-refractivity contribution in [1.29, 1.82) is 0 Å². The van der Waals surface area contributed by atoms with E-state index in [0.717, 1.165) is 0 Å². The molecule has 2 aromatic carbocycles. The summed E-state index contributed by atoms with van der Waals surface area (Å²) in [4.78, 5) is 16.3. The zero-order valence-corrected chi connectivity index (χ0v) is 14.4. The molecule has 0 spiro atoms. The van der Waals surface area contributed by atoms with Crippen molar-refractivity contribution < 1.29 is 19.0 Å². The standard InChI is InChI=1S/C19H18FN3O3/c1-12-21-7-8-23(12)17-6-3-13(9-16(17)20)11-22-19(25)15-5-4-14(26-2)10-18(15)24/h3-10,24H,11H2,1-2H3,(H,22,25). The predicted molar refractivity (Wildman–Crippen MR) is 94.1 cm³/mol. The van der Waals surface area contributed by atoms with E-state index in [0.29, 0.717) is 22.8 Å². The number of aryl methyl sites for hydroxylation is 1. The smallest absolute Gasteiger partial charge is 0.255 e. The largest absolute Gasteiger partial charge is 0.507 e. The normalized spacial score (nSPS) is 10.6. The van der Waals surface area contributed by atoms with Gasteiger partial charge in [-0.1, -0.05) is 6.07 Å². The van der Waals surface area contributed by atoms with Crippen molar-refractivity contribution in [1.82, 2.24) is 14.9 Å². The van der Waals surface area contributed by atoms with Crippen molar-refractivity contribution in [3.8, 4) is 17.2 Å². The molecule has 26 heavy (non-hydrogen) atoms. The van der Waals surface area contributed by atoms with Gasteiger partial charge in [-0.05, 0) is 36.8 Å². The summed E-state index contributed by atoms with van der Waals surface area (Å²) in [6.07, 6.45) is 3.28. The highest BCUT2D eigenvalue weighted by molar-refractivity contribution is 5.96. The number of nitrogens with zero attached hydrogens (tertiary/aromatic N) is 2. The van der Waals surface area contributed by atoms with Crippen molar-refractivity contribution in [2.24, 2.45) is 0 Å². The summed E-state index contributed by atoms with van der Waals surface area (Å²) in [5, 5.41) is 12.6. The molecule has 0 saturated heterocycles. The van der Waals surface area contributed by atoms with Gasteiger partial charge in [0.15, 0.2) is 0 Å². The zero-order chi connectivity index (χ0) is 18.7. The summed E-state index contributed by atoms with van der Waals surface area (Å²) < 4.78 is 21.0. The molecule has 0 aliphatic rings. The third kappa shape index (κ3) is 3.51. The van der Waals surface area contributed by atoms with Gasteiger partial charge in [0.25, 0.3) is 5.91 Å². The van der Waals surface area contributed by atoms with Crippen molar-refractivity contribution in [2.45, 2.75) is 13.5 Å². The number of aromatic nitrogens is 2. The van der Waals surface area contributed by atoms with Crippen LogP contribution < -0.4 is 10.1 Å². The number of hydrogen-bond acceptors (Lipinski definition) is 4. The van der Waals surface area contributed by atoms with Crippen molar-refractivity contribution >= 4 is 5.91 Å². The maximum Gasteiger partial charge on any atom is 0.255 e. The third-order valence-electron chi connectivity index (χ3n) is 4.00. The molecule has 0 radical (unpaired) electrons. The Labute approximate surface area is 149 Å². The number of hydrogen-bond donors (Lipinski definition) is 2.